The van der Waals surface area contributed by atoms with Gasteiger partial charge in [-0.25, -0.2) is 4.79 Å². The molecule has 3 aromatic rings. The second-order valence-corrected chi connectivity index (χ2v) is 5.39. The van der Waals surface area contributed by atoms with E-state index in [9.17, 15) is 9.90 Å². The van der Waals surface area contributed by atoms with E-state index in [2.05, 4.69) is 4.98 Å². The van der Waals surface area contributed by atoms with Gasteiger partial charge >= 0.3 is 5.97 Å². The van der Waals surface area contributed by atoms with Crippen molar-refractivity contribution < 1.29 is 19.4 Å². The van der Waals surface area contributed by atoms with Crippen molar-refractivity contribution in [3.8, 4) is 11.8 Å². The van der Waals surface area contributed by atoms with Gasteiger partial charge in [0.05, 0.1) is 5.56 Å². The van der Waals surface area contributed by atoms with Gasteiger partial charge in [0.2, 0.25) is 11.8 Å². The van der Waals surface area contributed by atoms with Crippen LogP contribution in [0.15, 0.2) is 72.8 Å². The highest BCUT2D eigenvalue weighted by Crippen LogP contribution is 2.20. The number of aromatic carboxylic acids is 1. The Morgan fingerprint density at radius 1 is 0.800 bits per heavy atom. The molecule has 0 saturated carbocycles. The molecule has 5 nitrogen and oxygen atoms in total. The van der Waals surface area contributed by atoms with Crippen LogP contribution in [-0.2, 0) is 13.2 Å². The van der Waals surface area contributed by atoms with E-state index in [0.717, 1.165) is 11.1 Å². The van der Waals surface area contributed by atoms with Crippen LogP contribution in [0.1, 0.15) is 21.5 Å². The molecule has 2 aromatic carbocycles. The van der Waals surface area contributed by atoms with Crippen molar-refractivity contribution in [3.05, 3.63) is 89.5 Å². The molecule has 0 amide bonds. The van der Waals surface area contributed by atoms with Crippen LogP contribution < -0.4 is 9.47 Å². The Labute approximate surface area is 145 Å². The topological polar surface area (TPSA) is 68.7 Å². The van der Waals surface area contributed by atoms with Gasteiger partial charge in [-0.3, -0.25) is 0 Å². The Morgan fingerprint density at radius 2 is 1.24 bits per heavy atom. The molecule has 0 spiro atoms. The summed E-state index contributed by atoms with van der Waals surface area (Å²) in [5.74, 6) is -0.629. The molecule has 0 saturated heterocycles. The van der Waals surface area contributed by atoms with E-state index in [1.807, 2.05) is 60.7 Å². The molecular formula is C20H17NO4. The lowest BCUT2D eigenvalue weighted by atomic mass is 10.2. The molecule has 0 atom stereocenters. The Balaban J connectivity index is 1.73. The van der Waals surface area contributed by atoms with Gasteiger partial charge in [0.15, 0.2) is 0 Å². The molecule has 25 heavy (non-hydrogen) atoms. The molecule has 0 radical (unpaired) electrons. The first-order valence-electron chi connectivity index (χ1n) is 7.79. The molecule has 0 aliphatic rings. The van der Waals surface area contributed by atoms with Crippen LogP contribution in [0.3, 0.4) is 0 Å². The number of carbonyl (C=O) groups is 1. The van der Waals surface area contributed by atoms with E-state index >= 15 is 0 Å². The van der Waals surface area contributed by atoms with Crippen LogP contribution in [0.4, 0.5) is 0 Å². The van der Waals surface area contributed by atoms with E-state index in [-0.39, 0.29) is 17.3 Å². The lowest BCUT2D eigenvalue weighted by Crippen LogP contribution is -2.04. The lowest BCUT2D eigenvalue weighted by Gasteiger charge is -2.10. The highest BCUT2D eigenvalue weighted by atomic mass is 16.5. The molecule has 0 aliphatic heterocycles. The van der Waals surface area contributed by atoms with Crippen LogP contribution in [0.25, 0.3) is 0 Å². The SMILES string of the molecule is O=C(O)c1cc(OCc2ccccc2)nc(OCc2ccccc2)c1. The fraction of sp³-hybridized carbons (Fsp3) is 0.100. The summed E-state index contributed by atoms with van der Waals surface area (Å²) in [6.45, 7) is 0.601. The van der Waals surface area contributed by atoms with Crippen molar-refractivity contribution in [1.82, 2.24) is 4.98 Å². The molecule has 1 heterocycles. The lowest BCUT2D eigenvalue weighted by molar-refractivity contribution is 0.0695. The molecule has 0 unspecified atom stereocenters. The predicted octanol–water partition coefficient (Wildman–Crippen LogP) is 3.94. The standard InChI is InChI=1S/C20H17NO4/c22-20(23)17-11-18(24-13-15-7-3-1-4-8-15)21-19(12-17)25-14-16-9-5-2-6-10-16/h1-12H,13-14H2,(H,22,23). The number of carboxylic acid groups (broad SMARTS) is 1. The smallest absolute Gasteiger partial charge is 0.336 e. The van der Waals surface area contributed by atoms with E-state index < -0.39 is 5.97 Å². The number of carboxylic acids is 1. The van der Waals surface area contributed by atoms with Crippen LogP contribution in [0.5, 0.6) is 11.8 Å². The van der Waals surface area contributed by atoms with Gasteiger partial charge in [0.25, 0.3) is 0 Å². The Bertz CT molecular complexity index is 773. The van der Waals surface area contributed by atoms with Gasteiger partial charge in [-0.05, 0) is 11.1 Å². The summed E-state index contributed by atoms with van der Waals surface area (Å²) >= 11 is 0. The van der Waals surface area contributed by atoms with Gasteiger partial charge in [-0.2, -0.15) is 4.98 Å². The zero-order chi connectivity index (χ0) is 17.5. The number of hydrogen-bond donors (Lipinski definition) is 1. The highest BCUT2D eigenvalue weighted by Gasteiger charge is 2.11. The molecular weight excluding hydrogens is 318 g/mol. The Morgan fingerprint density at radius 3 is 1.64 bits per heavy atom. The zero-order valence-corrected chi connectivity index (χ0v) is 13.5. The van der Waals surface area contributed by atoms with Crippen LogP contribution in [0.2, 0.25) is 0 Å². The number of ether oxygens (including phenoxy) is 2. The molecule has 0 aliphatic carbocycles. The molecule has 1 N–H and O–H groups in total. The third-order valence-electron chi connectivity index (χ3n) is 3.48. The number of aromatic nitrogens is 1. The van der Waals surface area contributed by atoms with Gasteiger partial charge < -0.3 is 14.6 Å². The fourth-order valence-corrected chi connectivity index (χ4v) is 2.22. The number of rotatable bonds is 7. The first-order chi connectivity index (χ1) is 12.2. The maximum absolute atomic E-state index is 11.3. The maximum Gasteiger partial charge on any atom is 0.336 e. The minimum Gasteiger partial charge on any atom is -0.478 e. The fourth-order valence-electron chi connectivity index (χ4n) is 2.22. The summed E-state index contributed by atoms with van der Waals surface area (Å²) in [7, 11) is 0. The first-order valence-corrected chi connectivity index (χ1v) is 7.79. The Kier molecular flexibility index (Phi) is 5.26. The predicted molar refractivity (Wildman–Crippen MR) is 92.7 cm³/mol. The molecule has 5 heteroatoms. The summed E-state index contributed by atoms with van der Waals surface area (Å²) in [5.41, 5.74) is 2.01. The quantitative estimate of drug-likeness (QED) is 0.708. The molecule has 1 aromatic heterocycles. The van der Waals surface area contributed by atoms with E-state index in [0.29, 0.717) is 13.2 Å². The number of pyridine rings is 1. The van der Waals surface area contributed by atoms with Gasteiger partial charge in [0.1, 0.15) is 13.2 Å². The molecule has 0 bridgehead atoms. The third kappa shape index (κ3) is 4.81. The first kappa shape index (κ1) is 16.5. The van der Waals surface area contributed by atoms with Gasteiger partial charge in [-0.1, -0.05) is 60.7 Å². The zero-order valence-electron chi connectivity index (χ0n) is 13.5. The summed E-state index contributed by atoms with van der Waals surface area (Å²) in [6.07, 6.45) is 0. The number of nitrogens with zero attached hydrogens (tertiary/aromatic N) is 1. The van der Waals surface area contributed by atoms with Crippen LogP contribution >= 0.6 is 0 Å². The van der Waals surface area contributed by atoms with Gasteiger partial charge in [0, 0.05) is 12.1 Å². The minimum absolute atomic E-state index is 0.0705. The van der Waals surface area contributed by atoms with Crippen molar-refractivity contribution >= 4 is 5.97 Å². The van der Waals surface area contributed by atoms with Crippen molar-refractivity contribution in [2.75, 3.05) is 0 Å². The number of benzene rings is 2. The van der Waals surface area contributed by atoms with Crippen LogP contribution in [0, 0.1) is 0 Å². The molecule has 3 rings (SSSR count). The second-order valence-electron chi connectivity index (χ2n) is 5.39. The molecule has 126 valence electrons. The van der Waals surface area contributed by atoms with Crippen molar-refractivity contribution in [2.45, 2.75) is 13.2 Å². The second kappa shape index (κ2) is 7.97. The van der Waals surface area contributed by atoms with Crippen molar-refractivity contribution in [3.63, 3.8) is 0 Å². The average Bonchev–Trinajstić information content (AvgIpc) is 2.66. The summed E-state index contributed by atoms with van der Waals surface area (Å²) in [5, 5.41) is 9.27. The summed E-state index contributed by atoms with van der Waals surface area (Å²) < 4.78 is 11.2. The van der Waals surface area contributed by atoms with Crippen molar-refractivity contribution in [1.29, 1.82) is 0 Å². The normalized spacial score (nSPS) is 10.2. The van der Waals surface area contributed by atoms with Crippen LogP contribution in [-0.4, -0.2) is 16.1 Å². The Hall–Kier alpha value is -3.34. The van der Waals surface area contributed by atoms with Crippen molar-refractivity contribution in [2.24, 2.45) is 0 Å². The minimum atomic E-state index is -1.06. The molecule has 0 fully saturated rings. The maximum atomic E-state index is 11.3. The number of hydrogen-bond acceptors (Lipinski definition) is 4. The van der Waals surface area contributed by atoms with Gasteiger partial charge in [-0.15, -0.1) is 0 Å². The summed E-state index contributed by atoms with van der Waals surface area (Å²) in [6, 6.07) is 22.0. The highest BCUT2D eigenvalue weighted by molar-refractivity contribution is 5.88. The third-order valence-corrected chi connectivity index (χ3v) is 3.48. The van der Waals surface area contributed by atoms with E-state index in [1.165, 1.54) is 12.1 Å². The summed E-state index contributed by atoms with van der Waals surface area (Å²) in [4.78, 5) is 15.6. The largest absolute Gasteiger partial charge is 0.478 e. The monoisotopic (exact) mass is 335 g/mol. The average molecular weight is 335 g/mol. The van der Waals surface area contributed by atoms with E-state index in [4.69, 9.17) is 9.47 Å². The van der Waals surface area contributed by atoms with E-state index in [1.54, 1.807) is 0 Å².